The van der Waals surface area contributed by atoms with Crippen molar-refractivity contribution >= 4 is 5.69 Å². The van der Waals surface area contributed by atoms with E-state index in [4.69, 9.17) is 4.74 Å². The van der Waals surface area contributed by atoms with Crippen molar-refractivity contribution in [3.8, 4) is 5.75 Å². The molecule has 2 aromatic rings. The van der Waals surface area contributed by atoms with Crippen LogP contribution >= 0.6 is 0 Å². The van der Waals surface area contributed by atoms with E-state index in [9.17, 15) is 0 Å². The predicted octanol–water partition coefficient (Wildman–Crippen LogP) is 2.49. The summed E-state index contributed by atoms with van der Waals surface area (Å²) < 4.78 is 5.43. The van der Waals surface area contributed by atoms with Gasteiger partial charge in [-0.15, -0.1) is 0 Å². The average molecular weight is 229 g/mol. The van der Waals surface area contributed by atoms with Gasteiger partial charge in [0.15, 0.2) is 0 Å². The molecule has 0 aliphatic heterocycles. The molecule has 0 saturated heterocycles. The van der Waals surface area contributed by atoms with Crippen LogP contribution in [0.3, 0.4) is 0 Å². The van der Waals surface area contributed by atoms with Gasteiger partial charge in [0.1, 0.15) is 5.75 Å². The van der Waals surface area contributed by atoms with Crippen LogP contribution in [0.4, 0.5) is 5.69 Å². The van der Waals surface area contributed by atoms with Gasteiger partial charge in [0.2, 0.25) is 0 Å². The standard InChI is InChI=1S/C13H15N3O/c1-2-17-13-5-3-4-11(8-13)16-10-12-9-14-6-7-15-12/h3-9,16H,2,10H2,1H3. The van der Waals surface area contributed by atoms with Crippen LogP contribution in [0.1, 0.15) is 12.6 Å². The van der Waals surface area contributed by atoms with Crippen molar-refractivity contribution < 1.29 is 4.74 Å². The highest BCUT2D eigenvalue weighted by atomic mass is 16.5. The third-order valence-electron chi connectivity index (χ3n) is 2.24. The lowest BCUT2D eigenvalue weighted by Gasteiger charge is -2.08. The maximum Gasteiger partial charge on any atom is 0.121 e. The molecule has 4 nitrogen and oxygen atoms in total. The summed E-state index contributed by atoms with van der Waals surface area (Å²) >= 11 is 0. The van der Waals surface area contributed by atoms with Crippen molar-refractivity contribution in [2.45, 2.75) is 13.5 Å². The lowest BCUT2D eigenvalue weighted by atomic mass is 10.3. The van der Waals surface area contributed by atoms with Gasteiger partial charge in [-0.05, 0) is 19.1 Å². The number of anilines is 1. The fraction of sp³-hybridized carbons (Fsp3) is 0.231. The number of nitrogens with zero attached hydrogens (tertiary/aromatic N) is 2. The van der Waals surface area contributed by atoms with Gasteiger partial charge in [-0.2, -0.15) is 0 Å². The van der Waals surface area contributed by atoms with Crippen molar-refractivity contribution in [1.29, 1.82) is 0 Å². The van der Waals surface area contributed by atoms with E-state index in [2.05, 4.69) is 15.3 Å². The van der Waals surface area contributed by atoms with Crippen molar-refractivity contribution in [2.24, 2.45) is 0 Å². The maximum atomic E-state index is 5.43. The van der Waals surface area contributed by atoms with Crippen LogP contribution in [0.15, 0.2) is 42.9 Å². The van der Waals surface area contributed by atoms with Gasteiger partial charge in [-0.1, -0.05) is 6.07 Å². The van der Waals surface area contributed by atoms with Crippen LogP contribution in [0.5, 0.6) is 5.75 Å². The van der Waals surface area contributed by atoms with E-state index in [1.165, 1.54) is 0 Å². The SMILES string of the molecule is CCOc1cccc(NCc2cnccn2)c1. The van der Waals surface area contributed by atoms with Crippen LogP contribution in [0.25, 0.3) is 0 Å². The number of hydrogen-bond donors (Lipinski definition) is 1. The first-order valence-corrected chi connectivity index (χ1v) is 5.60. The molecule has 0 aliphatic rings. The van der Waals surface area contributed by atoms with E-state index in [0.29, 0.717) is 13.2 Å². The molecule has 1 N–H and O–H groups in total. The minimum absolute atomic E-state index is 0.656. The second kappa shape index (κ2) is 5.84. The second-order valence-corrected chi connectivity index (χ2v) is 3.51. The van der Waals surface area contributed by atoms with Crippen LogP contribution in [0, 0.1) is 0 Å². The van der Waals surface area contributed by atoms with E-state index < -0.39 is 0 Å². The summed E-state index contributed by atoms with van der Waals surface area (Å²) in [5, 5.41) is 3.28. The van der Waals surface area contributed by atoms with E-state index in [0.717, 1.165) is 17.1 Å². The fourth-order valence-corrected chi connectivity index (χ4v) is 1.48. The molecule has 2 rings (SSSR count). The summed E-state index contributed by atoms with van der Waals surface area (Å²) in [6.07, 6.45) is 5.10. The maximum absolute atomic E-state index is 5.43. The molecule has 1 aromatic heterocycles. The van der Waals surface area contributed by atoms with Crippen LogP contribution in [-0.4, -0.2) is 16.6 Å². The van der Waals surface area contributed by atoms with Gasteiger partial charge in [-0.25, -0.2) is 0 Å². The minimum atomic E-state index is 0.656. The summed E-state index contributed by atoms with van der Waals surface area (Å²) in [5.74, 6) is 0.872. The zero-order valence-electron chi connectivity index (χ0n) is 9.76. The topological polar surface area (TPSA) is 47.0 Å². The Bertz CT molecular complexity index is 459. The largest absolute Gasteiger partial charge is 0.494 e. The first-order chi connectivity index (χ1) is 8.38. The molecule has 0 spiro atoms. The predicted molar refractivity (Wildman–Crippen MR) is 67.0 cm³/mol. The molecule has 0 amide bonds. The summed E-state index contributed by atoms with van der Waals surface area (Å²) in [4.78, 5) is 8.21. The zero-order chi connectivity index (χ0) is 11.9. The number of nitrogens with one attached hydrogen (secondary N) is 1. The summed E-state index contributed by atoms with van der Waals surface area (Å²) in [6, 6.07) is 7.87. The Kier molecular flexibility index (Phi) is 3.91. The Balaban J connectivity index is 1.97. The highest BCUT2D eigenvalue weighted by Gasteiger charge is 1.97. The monoisotopic (exact) mass is 229 g/mol. The molecule has 0 fully saturated rings. The number of hydrogen-bond acceptors (Lipinski definition) is 4. The quantitative estimate of drug-likeness (QED) is 0.855. The number of ether oxygens (including phenoxy) is 1. The number of aromatic nitrogens is 2. The molecule has 0 unspecified atom stereocenters. The highest BCUT2D eigenvalue weighted by molar-refractivity contribution is 5.48. The Morgan fingerprint density at radius 1 is 1.29 bits per heavy atom. The molecule has 0 saturated carbocycles. The first kappa shape index (κ1) is 11.4. The van der Waals surface area contributed by atoms with E-state index in [1.54, 1.807) is 18.6 Å². The molecule has 0 aliphatic carbocycles. The van der Waals surface area contributed by atoms with Gasteiger partial charge < -0.3 is 10.1 Å². The van der Waals surface area contributed by atoms with Crippen LogP contribution < -0.4 is 10.1 Å². The lowest BCUT2D eigenvalue weighted by Crippen LogP contribution is -2.02. The van der Waals surface area contributed by atoms with Gasteiger partial charge in [0, 0.05) is 24.1 Å². The molecule has 17 heavy (non-hydrogen) atoms. The smallest absolute Gasteiger partial charge is 0.121 e. The van der Waals surface area contributed by atoms with Crippen LogP contribution in [-0.2, 0) is 6.54 Å². The van der Waals surface area contributed by atoms with Crippen molar-refractivity contribution in [2.75, 3.05) is 11.9 Å². The average Bonchev–Trinajstić information content (AvgIpc) is 2.39. The molecule has 88 valence electrons. The van der Waals surface area contributed by atoms with Gasteiger partial charge >= 0.3 is 0 Å². The molecular weight excluding hydrogens is 214 g/mol. The summed E-state index contributed by atoms with van der Waals surface area (Å²) in [5.41, 5.74) is 1.93. The Hall–Kier alpha value is -2.10. The van der Waals surface area contributed by atoms with E-state index >= 15 is 0 Å². The molecule has 0 atom stereocenters. The zero-order valence-corrected chi connectivity index (χ0v) is 9.76. The summed E-state index contributed by atoms with van der Waals surface area (Å²) in [6.45, 7) is 3.30. The Morgan fingerprint density at radius 2 is 2.24 bits per heavy atom. The molecule has 1 heterocycles. The van der Waals surface area contributed by atoms with Gasteiger partial charge in [0.05, 0.1) is 25.0 Å². The Labute approximate surface area is 101 Å². The third kappa shape index (κ3) is 3.45. The number of rotatable bonds is 5. The highest BCUT2D eigenvalue weighted by Crippen LogP contribution is 2.17. The second-order valence-electron chi connectivity index (χ2n) is 3.51. The normalized spacial score (nSPS) is 9.94. The Morgan fingerprint density at radius 3 is 3.00 bits per heavy atom. The summed E-state index contributed by atoms with van der Waals surface area (Å²) in [7, 11) is 0. The van der Waals surface area contributed by atoms with Crippen LogP contribution in [0.2, 0.25) is 0 Å². The molecule has 0 radical (unpaired) electrons. The molecule has 0 bridgehead atoms. The van der Waals surface area contributed by atoms with Crippen molar-refractivity contribution in [3.05, 3.63) is 48.5 Å². The van der Waals surface area contributed by atoms with E-state index in [1.807, 2.05) is 31.2 Å². The van der Waals surface area contributed by atoms with Crippen molar-refractivity contribution in [1.82, 2.24) is 9.97 Å². The van der Waals surface area contributed by atoms with Gasteiger partial charge in [0.25, 0.3) is 0 Å². The van der Waals surface area contributed by atoms with Crippen molar-refractivity contribution in [3.63, 3.8) is 0 Å². The fourth-order valence-electron chi connectivity index (χ4n) is 1.48. The lowest BCUT2D eigenvalue weighted by molar-refractivity contribution is 0.340. The molecule has 1 aromatic carbocycles. The molecule has 4 heteroatoms. The third-order valence-corrected chi connectivity index (χ3v) is 2.24. The number of benzene rings is 1. The van der Waals surface area contributed by atoms with E-state index in [-0.39, 0.29) is 0 Å². The minimum Gasteiger partial charge on any atom is -0.494 e. The van der Waals surface area contributed by atoms with Gasteiger partial charge in [-0.3, -0.25) is 9.97 Å². The first-order valence-electron chi connectivity index (χ1n) is 5.60. The molecular formula is C13H15N3O.